The van der Waals surface area contributed by atoms with Crippen molar-refractivity contribution in [3.63, 3.8) is 0 Å². The Morgan fingerprint density at radius 2 is 1.90 bits per heavy atom. The first-order valence-electron chi connectivity index (χ1n) is 6.43. The van der Waals surface area contributed by atoms with Gasteiger partial charge in [0.2, 0.25) is 0 Å². The van der Waals surface area contributed by atoms with Gasteiger partial charge in [0.1, 0.15) is 0 Å². The molecule has 3 nitrogen and oxygen atoms in total. The van der Waals surface area contributed by atoms with Crippen molar-refractivity contribution in [1.82, 2.24) is 0 Å². The second kappa shape index (κ2) is 7.13. The molecule has 2 N–H and O–H groups in total. The highest BCUT2D eigenvalue weighted by atomic mass is 35.5. The van der Waals surface area contributed by atoms with Gasteiger partial charge in [-0.1, -0.05) is 17.7 Å². The first kappa shape index (κ1) is 17.8. The third kappa shape index (κ3) is 5.21. The number of rotatable bonds is 5. The van der Waals surface area contributed by atoms with E-state index in [-0.39, 0.29) is 23.6 Å². The molecule has 1 aromatic rings. The molecule has 0 bridgehead atoms. The van der Waals surface area contributed by atoms with Crippen LogP contribution in [0.5, 0.6) is 0 Å². The van der Waals surface area contributed by atoms with Crippen molar-refractivity contribution >= 4 is 17.6 Å². The third-order valence-corrected chi connectivity index (χ3v) is 3.27. The van der Waals surface area contributed by atoms with Gasteiger partial charge in [-0.05, 0) is 37.1 Å². The molecule has 1 rings (SSSR count). The molecule has 0 heterocycles. The minimum absolute atomic E-state index is 0.0179. The normalized spacial score (nSPS) is 14.6. The zero-order valence-corrected chi connectivity index (χ0v) is 12.5. The Morgan fingerprint density at radius 3 is 2.43 bits per heavy atom. The van der Waals surface area contributed by atoms with Crippen molar-refractivity contribution in [2.75, 3.05) is 6.61 Å². The molecule has 0 aliphatic heterocycles. The molecule has 0 fully saturated rings. The maximum absolute atomic E-state index is 12.8. The van der Waals surface area contributed by atoms with E-state index < -0.39 is 24.1 Å². The number of benzene rings is 1. The van der Waals surface area contributed by atoms with Gasteiger partial charge in [-0.3, -0.25) is 4.79 Å². The van der Waals surface area contributed by atoms with Gasteiger partial charge < -0.3 is 10.5 Å². The third-order valence-electron chi connectivity index (χ3n) is 3.05. The molecule has 0 aliphatic rings. The molecular formula is C14H17ClF3NO2. The maximum atomic E-state index is 12.8. The van der Waals surface area contributed by atoms with Gasteiger partial charge >= 0.3 is 12.1 Å². The van der Waals surface area contributed by atoms with E-state index in [0.29, 0.717) is 5.56 Å². The summed E-state index contributed by atoms with van der Waals surface area (Å²) in [4.78, 5) is 11.4. The quantitative estimate of drug-likeness (QED) is 0.834. The van der Waals surface area contributed by atoms with Gasteiger partial charge in [-0.25, -0.2) is 0 Å². The predicted octanol–water partition coefficient (Wildman–Crippen LogP) is 3.96. The van der Waals surface area contributed by atoms with E-state index in [2.05, 4.69) is 0 Å². The lowest BCUT2D eigenvalue weighted by atomic mass is 9.95. The smallest absolute Gasteiger partial charge is 0.395 e. The number of carbonyl (C=O) groups excluding carboxylic acids is 1. The minimum Gasteiger partial charge on any atom is -0.466 e. The van der Waals surface area contributed by atoms with Crippen LogP contribution in [-0.4, -0.2) is 18.8 Å². The number of halogens is 4. The number of nitrogens with two attached hydrogens (primary N) is 1. The molecule has 2 atom stereocenters. The van der Waals surface area contributed by atoms with Crippen LogP contribution in [0.1, 0.15) is 43.4 Å². The molecule has 21 heavy (non-hydrogen) atoms. The van der Waals surface area contributed by atoms with Gasteiger partial charge in [0.25, 0.3) is 0 Å². The first-order chi connectivity index (χ1) is 9.65. The maximum Gasteiger partial charge on any atom is 0.395 e. The zero-order valence-electron chi connectivity index (χ0n) is 11.7. The van der Waals surface area contributed by atoms with Crippen molar-refractivity contribution in [2.45, 2.75) is 38.4 Å². The van der Waals surface area contributed by atoms with E-state index in [1.807, 2.05) is 0 Å². The molecule has 0 amide bonds. The van der Waals surface area contributed by atoms with E-state index in [9.17, 15) is 18.0 Å². The Hall–Kier alpha value is -1.27. The summed E-state index contributed by atoms with van der Waals surface area (Å²) in [6.07, 6.45) is -4.48. The lowest BCUT2D eigenvalue weighted by Gasteiger charge is -2.19. The standard InChI is InChI=1S/C14H17ClF3NO2/c1-3-21-13(20)7-12(19)10-4-9(5-11(15)6-10)8(2)14(16,17)18/h4-6,8,12H,3,7,19H2,1-2H3. The van der Waals surface area contributed by atoms with Gasteiger partial charge in [-0.2, -0.15) is 13.2 Å². The first-order valence-corrected chi connectivity index (χ1v) is 6.81. The predicted molar refractivity (Wildman–Crippen MR) is 74.1 cm³/mol. The fourth-order valence-electron chi connectivity index (χ4n) is 1.81. The van der Waals surface area contributed by atoms with E-state index in [1.165, 1.54) is 18.2 Å². The number of ether oxygens (including phenoxy) is 1. The summed E-state index contributed by atoms with van der Waals surface area (Å²) in [6.45, 7) is 2.93. The second-order valence-corrected chi connectivity index (χ2v) is 5.13. The Balaban J connectivity index is 2.99. The van der Waals surface area contributed by atoms with Crippen LogP contribution < -0.4 is 5.73 Å². The molecule has 0 saturated carbocycles. The fourth-order valence-corrected chi connectivity index (χ4v) is 2.06. The van der Waals surface area contributed by atoms with Gasteiger partial charge in [-0.15, -0.1) is 0 Å². The Morgan fingerprint density at radius 1 is 1.33 bits per heavy atom. The van der Waals surface area contributed by atoms with Crippen molar-refractivity contribution in [3.05, 3.63) is 34.3 Å². The molecule has 7 heteroatoms. The molecule has 0 spiro atoms. The number of esters is 1. The van der Waals surface area contributed by atoms with Gasteiger partial charge in [0.15, 0.2) is 0 Å². The monoisotopic (exact) mass is 323 g/mol. The molecule has 2 unspecified atom stereocenters. The molecule has 0 aliphatic carbocycles. The summed E-state index contributed by atoms with van der Waals surface area (Å²) in [5.74, 6) is -2.17. The molecule has 1 aromatic carbocycles. The molecule has 0 radical (unpaired) electrons. The lowest BCUT2D eigenvalue weighted by molar-refractivity contribution is -0.146. The lowest BCUT2D eigenvalue weighted by Crippen LogP contribution is -2.20. The number of hydrogen-bond donors (Lipinski definition) is 1. The second-order valence-electron chi connectivity index (χ2n) is 4.70. The average molecular weight is 324 g/mol. The highest BCUT2D eigenvalue weighted by molar-refractivity contribution is 6.30. The Bertz CT molecular complexity index is 505. The topological polar surface area (TPSA) is 52.3 Å². The number of hydrogen-bond acceptors (Lipinski definition) is 3. The molecule has 118 valence electrons. The SMILES string of the molecule is CCOC(=O)CC(N)c1cc(Cl)cc(C(C)C(F)(F)F)c1. The Labute approximate surface area is 126 Å². The molecule has 0 aromatic heterocycles. The highest BCUT2D eigenvalue weighted by Gasteiger charge is 2.37. The molecular weight excluding hydrogens is 307 g/mol. The van der Waals surface area contributed by atoms with E-state index >= 15 is 0 Å². The van der Waals surface area contributed by atoms with Crippen molar-refractivity contribution in [3.8, 4) is 0 Å². The highest BCUT2D eigenvalue weighted by Crippen LogP contribution is 2.36. The van der Waals surface area contributed by atoms with Gasteiger partial charge in [0, 0.05) is 11.1 Å². The van der Waals surface area contributed by atoms with Crippen LogP contribution in [0.3, 0.4) is 0 Å². The van der Waals surface area contributed by atoms with E-state index in [0.717, 1.165) is 6.92 Å². The van der Waals surface area contributed by atoms with Crippen molar-refractivity contribution in [2.24, 2.45) is 5.73 Å². The summed E-state index contributed by atoms with van der Waals surface area (Å²) in [5, 5.41) is 0.151. The van der Waals surface area contributed by atoms with Crippen LogP contribution in [0.15, 0.2) is 18.2 Å². The largest absolute Gasteiger partial charge is 0.466 e. The minimum atomic E-state index is -4.37. The fraction of sp³-hybridized carbons (Fsp3) is 0.500. The summed E-state index contributed by atoms with van der Waals surface area (Å²) in [7, 11) is 0. The zero-order chi connectivity index (χ0) is 16.2. The van der Waals surface area contributed by atoms with Crippen LogP contribution in [0.25, 0.3) is 0 Å². The van der Waals surface area contributed by atoms with Crippen molar-refractivity contribution < 1.29 is 22.7 Å². The van der Waals surface area contributed by atoms with Crippen LogP contribution >= 0.6 is 11.6 Å². The number of alkyl halides is 3. The molecule has 0 saturated heterocycles. The number of carbonyl (C=O) groups is 1. The van der Waals surface area contributed by atoms with Crippen LogP contribution in [0.4, 0.5) is 13.2 Å². The van der Waals surface area contributed by atoms with Gasteiger partial charge in [0.05, 0.1) is 18.9 Å². The Kier molecular flexibility index (Phi) is 6.04. The average Bonchev–Trinajstić information content (AvgIpc) is 2.36. The van der Waals surface area contributed by atoms with E-state index in [1.54, 1.807) is 6.92 Å². The summed E-state index contributed by atoms with van der Waals surface area (Å²) in [6, 6.07) is 3.27. The summed E-state index contributed by atoms with van der Waals surface area (Å²) < 4.78 is 43.0. The summed E-state index contributed by atoms with van der Waals surface area (Å²) >= 11 is 5.85. The van der Waals surface area contributed by atoms with E-state index in [4.69, 9.17) is 22.1 Å². The van der Waals surface area contributed by atoms with Crippen molar-refractivity contribution in [1.29, 1.82) is 0 Å². The van der Waals surface area contributed by atoms with Crippen LogP contribution in [0.2, 0.25) is 5.02 Å². The summed E-state index contributed by atoms with van der Waals surface area (Å²) in [5.41, 5.74) is 6.23. The van der Waals surface area contributed by atoms with Crippen LogP contribution in [0, 0.1) is 0 Å². The van der Waals surface area contributed by atoms with Crippen LogP contribution in [-0.2, 0) is 9.53 Å².